The van der Waals surface area contributed by atoms with Crippen LogP contribution in [0.2, 0.25) is 0 Å². The summed E-state index contributed by atoms with van der Waals surface area (Å²) in [5, 5.41) is 11.9. The molecule has 15 heterocycles. The van der Waals surface area contributed by atoms with Crippen LogP contribution in [0.1, 0.15) is 73.8 Å². The van der Waals surface area contributed by atoms with Crippen LogP contribution in [-0.4, -0.2) is 211 Å². The number of ether oxygens (including phenoxy) is 3. The first kappa shape index (κ1) is 85.2. The molecule has 0 amide bonds. The molecule has 6 aliphatic rings. The smallest absolute Gasteiger partial charge is 0.271 e. The Balaban J connectivity index is 0.000000115. The van der Waals surface area contributed by atoms with Crippen molar-refractivity contribution >= 4 is 112 Å². The fourth-order valence-corrected chi connectivity index (χ4v) is 22.1. The number of likely N-dealkylation sites (N-methyl/N-ethyl adjacent to an activating group) is 4. The summed E-state index contributed by atoms with van der Waals surface area (Å²) in [6, 6.07) is 36.4. The van der Waals surface area contributed by atoms with Gasteiger partial charge in [-0.25, -0.2) is 64.5 Å². The highest BCUT2D eigenvalue weighted by molar-refractivity contribution is 7.91. The molecule has 0 unspecified atom stereocenters. The number of fused-ring (bicyclic) bond motifs is 5. The molecular formula is C94H95N15O14S4. The average molecular weight is 1790 g/mol. The zero-order valence-corrected chi connectivity index (χ0v) is 74.3. The molecule has 33 heteroatoms. The SMILES string of the molecule is CCn1cc(S(=O)(=O)n2cc(C3=CCN(C)CC3)c3cc(-c4ncco4)ccc32)cn1.CCn1cc(S(=O)(=O)n2cc(C3=CCN(C)CC3)c3ccc(-c4ncco4)cc32)cn1.CN1CC=C(c2cn(S(=O)(=O)c3ccc4c(c3)OCCO4)c3ccc(-c4ncco4)cc23)CC1.CN1CC=C(c2cn(S(=O)(=O)c3ccccc3)c3ccc(C4=CCOCC4)cc23)CC1. The molecule has 654 valence electrons. The van der Waals surface area contributed by atoms with Crippen molar-refractivity contribution in [2.75, 3.05) is 107 Å². The van der Waals surface area contributed by atoms with Crippen LogP contribution in [-0.2, 0) is 57.9 Å². The number of aryl methyl sites for hydroxylation is 2. The Bertz CT molecular complexity index is 7300. The lowest BCUT2D eigenvalue weighted by Crippen LogP contribution is -2.23. The lowest BCUT2D eigenvalue weighted by Gasteiger charge is -2.21. The number of benzene rings is 6. The molecule has 0 atom stereocenters. The summed E-state index contributed by atoms with van der Waals surface area (Å²) in [4.78, 5) is 22.4. The molecule has 6 aliphatic heterocycles. The Kier molecular flexibility index (Phi) is 24.0. The third kappa shape index (κ3) is 17.2. The van der Waals surface area contributed by atoms with Gasteiger partial charge in [0.25, 0.3) is 40.1 Å². The van der Waals surface area contributed by atoms with Gasteiger partial charge in [0, 0.05) is 169 Å². The van der Waals surface area contributed by atoms with Crippen LogP contribution in [0, 0.1) is 0 Å². The Labute approximate surface area is 735 Å². The first-order valence-electron chi connectivity index (χ1n) is 42.1. The third-order valence-corrected chi connectivity index (χ3v) is 30.4. The number of hydrogen-bond donors (Lipinski definition) is 0. The predicted octanol–water partition coefficient (Wildman–Crippen LogP) is 15.4. The van der Waals surface area contributed by atoms with E-state index in [1.165, 1.54) is 64.3 Å². The number of oxazole rings is 3. The van der Waals surface area contributed by atoms with Crippen LogP contribution in [0.25, 0.3) is 106 Å². The molecule has 127 heavy (non-hydrogen) atoms. The molecule has 0 spiro atoms. The summed E-state index contributed by atoms with van der Waals surface area (Å²) in [5.74, 6) is 2.44. The van der Waals surface area contributed by atoms with E-state index in [4.69, 9.17) is 27.5 Å². The van der Waals surface area contributed by atoms with Crippen LogP contribution < -0.4 is 9.47 Å². The Morgan fingerprint density at radius 2 is 0.740 bits per heavy atom. The van der Waals surface area contributed by atoms with Gasteiger partial charge in [0.15, 0.2) is 11.5 Å². The van der Waals surface area contributed by atoms with Crippen molar-refractivity contribution in [3.63, 3.8) is 0 Å². The first-order chi connectivity index (χ1) is 61.5. The van der Waals surface area contributed by atoms with Crippen molar-refractivity contribution in [1.82, 2.24) is 70.0 Å². The molecule has 0 N–H and O–H groups in total. The van der Waals surface area contributed by atoms with Gasteiger partial charge in [-0.05, 0) is 193 Å². The van der Waals surface area contributed by atoms with Crippen LogP contribution in [0.15, 0.2) is 271 Å². The zero-order chi connectivity index (χ0) is 87.9. The van der Waals surface area contributed by atoms with E-state index >= 15 is 0 Å². The maximum atomic E-state index is 13.8. The van der Waals surface area contributed by atoms with Gasteiger partial charge in [0.2, 0.25) is 17.7 Å². The van der Waals surface area contributed by atoms with Gasteiger partial charge in [0.05, 0.1) is 76.1 Å². The fourth-order valence-electron chi connectivity index (χ4n) is 16.7. The molecular weight excluding hydrogens is 1690 g/mol. The normalized spacial score (nSPS) is 16.4. The third-order valence-electron chi connectivity index (χ3n) is 23.8. The molecule has 0 saturated carbocycles. The second kappa shape index (κ2) is 35.7. The van der Waals surface area contributed by atoms with Gasteiger partial charge in [0.1, 0.15) is 41.8 Å². The summed E-state index contributed by atoms with van der Waals surface area (Å²) >= 11 is 0. The van der Waals surface area contributed by atoms with Crippen molar-refractivity contribution in [2.45, 2.75) is 78.6 Å². The van der Waals surface area contributed by atoms with Crippen LogP contribution >= 0.6 is 0 Å². The van der Waals surface area contributed by atoms with Crippen molar-refractivity contribution in [3.8, 4) is 45.9 Å². The van der Waals surface area contributed by atoms with Crippen molar-refractivity contribution in [2.24, 2.45) is 0 Å². The van der Waals surface area contributed by atoms with Gasteiger partial charge in [-0.2, -0.15) is 10.2 Å². The van der Waals surface area contributed by atoms with E-state index in [1.807, 2.05) is 92.8 Å². The Morgan fingerprint density at radius 1 is 0.346 bits per heavy atom. The van der Waals surface area contributed by atoms with Crippen molar-refractivity contribution in [1.29, 1.82) is 0 Å². The quantitative estimate of drug-likeness (QED) is 0.0770. The number of rotatable bonds is 18. The van der Waals surface area contributed by atoms with Gasteiger partial charge >= 0.3 is 0 Å². The van der Waals surface area contributed by atoms with E-state index in [0.29, 0.717) is 83.5 Å². The van der Waals surface area contributed by atoms with Crippen LogP contribution in [0.4, 0.5) is 0 Å². The monoisotopic (exact) mass is 1790 g/mol. The van der Waals surface area contributed by atoms with Crippen LogP contribution in [0.3, 0.4) is 0 Å². The number of aromatic nitrogens is 11. The van der Waals surface area contributed by atoms with E-state index in [9.17, 15) is 33.7 Å². The number of nitrogens with zero attached hydrogens (tertiary/aromatic N) is 15. The standard InChI is InChI=1S/C25H23N3O5S.C25H26N2O3S.2C22H23N5O3S/c1-27-9-6-17(7-10-27)21-16-28(22-4-2-18(14-20(21)22)25-26-8-11-33-25)34(29,30)19-3-5-23-24(15-19)32-13-12-31-23;1-26-13-9-20(10-14-26)24-18-27(31(28,29)22-5-3-2-4-6-22)25-8-7-21(17-23(24)25)19-11-15-30-16-12-19;1-3-26-14-18(13-24-26)31(28,29)27-15-20(16-6-9-25(2)10-7-16)19-12-17(4-5-21(19)27)22-23-8-11-30-22;1-3-26-14-18(13-24-26)31(28,29)27-15-20(16-6-9-25(2)10-7-16)19-5-4-17(12-21(19)27)22-23-8-11-30-22/h2-6,8,11,14-16H,7,9-10,12-13H2,1H3;2-9,11,17-18H,10,12-16H2,1H3;2*4-6,8,11-15H,3,7,9-10H2,1-2H3. The van der Waals surface area contributed by atoms with Crippen molar-refractivity contribution < 1.29 is 61.1 Å². The molecule has 9 aromatic heterocycles. The Morgan fingerprint density at radius 3 is 1.14 bits per heavy atom. The van der Waals surface area contributed by atoms with Crippen LogP contribution in [0.5, 0.6) is 11.5 Å². The minimum absolute atomic E-state index is 0.148. The molecule has 29 nitrogen and oxygen atoms in total. The molecule has 0 radical (unpaired) electrons. The fraction of sp³-hybridized carbons (Fsp3) is 0.266. The van der Waals surface area contributed by atoms with Gasteiger partial charge in [-0.1, -0.05) is 60.7 Å². The molecule has 0 bridgehead atoms. The molecule has 6 aromatic carbocycles. The summed E-state index contributed by atoms with van der Waals surface area (Å²) in [6.45, 7) is 14.3. The van der Waals surface area contributed by atoms with Gasteiger partial charge in [-0.15, -0.1) is 0 Å². The summed E-state index contributed by atoms with van der Waals surface area (Å²) < 4.78 is 150. The molecule has 0 saturated heterocycles. The highest BCUT2D eigenvalue weighted by Crippen LogP contribution is 2.43. The topological polar surface area (TPSA) is 311 Å². The molecule has 0 aliphatic carbocycles. The van der Waals surface area contributed by atoms with E-state index in [0.717, 1.165) is 179 Å². The van der Waals surface area contributed by atoms with E-state index in [-0.39, 0.29) is 14.7 Å². The lowest BCUT2D eigenvalue weighted by atomic mass is 9.95. The predicted molar refractivity (Wildman–Crippen MR) is 488 cm³/mol. The largest absolute Gasteiger partial charge is 0.486 e. The van der Waals surface area contributed by atoms with Crippen molar-refractivity contribution in [3.05, 3.63) is 266 Å². The summed E-state index contributed by atoms with van der Waals surface area (Å²) in [5.41, 5.74) is 15.7. The minimum atomic E-state index is -3.89. The minimum Gasteiger partial charge on any atom is -0.486 e. The molecule has 21 rings (SSSR count). The Hall–Kier alpha value is -12.6. The maximum Gasteiger partial charge on any atom is 0.271 e. The average Bonchev–Trinajstić information content (AvgIpc) is 1.61. The van der Waals surface area contributed by atoms with E-state index in [1.54, 1.807) is 95.3 Å². The molecule has 15 aromatic rings. The van der Waals surface area contributed by atoms with Gasteiger partial charge < -0.3 is 47.1 Å². The lowest BCUT2D eigenvalue weighted by molar-refractivity contribution is 0.161. The first-order valence-corrected chi connectivity index (χ1v) is 47.9. The van der Waals surface area contributed by atoms with E-state index < -0.39 is 40.1 Å². The van der Waals surface area contributed by atoms with E-state index in [2.05, 4.69) is 109 Å². The maximum absolute atomic E-state index is 13.8. The summed E-state index contributed by atoms with van der Waals surface area (Å²) in [7, 11) is -6.86. The summed E-state index contributed by atoms with van der Waals surface area (Å²) in [6.07, 6.45) is 37.4. The second-order valence-corrected chi connectivity index (χ2v) is 39.3. The highest BCUT2D eigenvalue weighted by atomic mass is 32.2. The zero-order valence-electron chi connectivity index (χ0n) is 71.0. The van der Waals surface area contributed by atoms with Gasteiger partial charge in [-0.3, -0.25) is 9.36 Å². The molecule has 0 fully saturated rings. The highest BCUT2D eigenvalue weighted by Gasteiger charge is 2.32. The second-order valence-electron chi connectivity index (χ2n) is 32.0. The number of hydrogen-bond acceptors (Lipinski definition) is 23.